The van der Waals surface area contributed by atoms with Crippen molar-refractivity contribution in [2.45, 2.75) is 18.3 Å². The molecule has 3 heterocycles. The number of oxime groups is 1. The van der Waals surface area contributed by atoms with Gasteiger partial charge in [-0.3, -0.25) is 14.5 Å². The average Bonchev–Trinajstić information content (AvgIpc) is 3.10. The van der Waals surface area contributed by atoms with Gasteiger partial charge in [0.15, 0.2) is 16.6 Å². The summed E-state index contributed by atoms with van der Waals surface area (Å²) in [6.07, 6.45) is 0.760. The van der Waals surface area contributed by atoms with Gasteiger partial charge in [0.05, 0.1) is 12.0 Å². The third-order valence-electron chi connectivity index (χ3n) is 3.83. The topological polar surface area (TPSA) is 203 Å². The maximum Gasteiger partial charge on any atom is 0.356 e. The van der Waals surface area contributed by atoms with Gasteiger partial charge < -0.3 is 25.2 Å². The van der Waals surface area contributed by atoms with E-state index in [0.717, 1.165) is 34.5 Å². The molecule has 168 valence electrons. The van der Waals surface area contributed by atoms with Gasteiger partial charge in [-0.15, -0.1) is 11.8 Å². The number of thioether (sulfide) groups is 1. The standard InChI is InChI=1S/C14H16N6O8S3/c1-3-27-18-6(9-17-14(15)30-19-9)10(21)16-7-11(22)20-8(13(23)24)5(4-29-12(7)20)28-31(2,25)26/h7,12H,3-4H2,1-2H3,(H,16,21)(H,23,24)(H2,15,17,19)/t7?,12-/m1/s1. The van der Waals surface area contributed by atoms with Gasteiger partial charge in [0.2, 0.25) is 11.5 Å². The molecule has 1 aromatic rings. The van der Waals surface area contributed by atoms with Crippen molar-refractivity contribution >= 4 is 62.0 Å². The number of anilines is 1. The van der Waals surface area contributed by atoms with Crippen molar-refractivity contribution in [3.05, 3.63) is 17.3 Å². The lowest BCUT2D eigenvalue weighted by atomic mass is 10.0. The van der Waals surface area contributed by atoms with E-state index in [-0.39, 0.29) is 34.8 Å². The van der Waals surface area contributed by atoms with Gasteiger partial charge in [0.1, 0.15) is 18.0 Å². The lowest BCUT2D eigenvalue weighted by Crippen LogP contribution is -2.71. The number of aromatic nitrogens is 2. The number of carboxylic acid groups (broad SMARTS) is 1. The first-order valence-corrected chi connectivity index (χ1v) is 12.1. The molecule has 2 atom stereocenters. The maximum absolute atomic E-state index is 12.7. The van der Waals surface area contributed by atoms with Crippen LogP contribution in [0.1, 0.15) is 12.7 Å². The Balaban J connectivity index is 1.82. The molecular weight excluding hydrogens is 476 g/mol. The molecule has 1 aromatic heterocycles. The molecule has 17 heteroatoms. The summed E-state index contributed by atoms with van der Waals surface area (Å²) in [6.45, 7) is 1.80. The van der Waals surface area contributed by atoms with E-state index in [2.05, 4.69) is 19.8 Å². The highest BCUT2D eigenvalue weighted by Gasteiger charge is 2.55. The zero-order chi connectivity index (χ0) is 22.9. The van der Waals surface area contributed by atoms with Crippen LogP contribution in [0.4, 0.5) is 5.13 Å². The van der Waals surface area contributed by atoms with Crippen LogP contribution in [0.25, 0.3) is 0 Å². The van der Waals surface area contributed by atoms with Crippen molar-refractivity contribution in [1.29, 1.82) is 0 Å². The van der Waals surface area contributed by atoms with E-state index in [1.54, 1.807) is 6.92 Å². The molecule has 0 aliphatic carbocycles. The maximum atomic E-state index is 12.7. The second-order valence-electron chi connectivity index (χ2n) is 6.04. The normalized spacial score (nSPS) is 21.3. The molecule has 0 spiro atoms. The number of nitrogens with one attached hydrogen (secondary N) is 1. The number of nitrogen functional groups attached to an aromatic ring is 1. The van der Waals surface area contributed by atoms with Gasteiger partial charge in [-0.05, 0) is 6.92 Å². The molecule has 2 amide bonds. The Hall–Kier alpha value is -2.92. The van der Waals surface area contributed by atoms with Crippen LogP contribution in [0.2, 0.25) is 0 Å². The van der Waals surface area contributed by atoms with Crippen LogP contribution in [-0.4, -0.2) is 81.3 Å². The molecule has 2 aliphatic heterocycles. The van der Waals surface area contributed by atoms with Gasteiger partial charge in [-0.25, -0.2) is 4.79 Å². The van der Waals surface area contributed by atoms with Crippen LogP contribution in [0.15, 0.2) is 16.6 Å². The molecule has 4 N–H and O–H groups in total. The SMILES string of the molecule is CCON=C(C(=O)NC1C(=O)N2C(C(=O)O)=C(OS(C)(=O)=O)CS[C@H]12)c1nsc(N)n1. The van der Waals surface area contributed by atoms with E-state index < -0.39 is 45.0 Å². The van der Waals surface area contributed by atoms with E-state index in [9.17, 15) is 27.9 Å². The first-order chi connectivity index (χ1) is 14.5. The number of rotatable bonds is 8. The summed E-state index contributed by atoms with van der Waals surface area (Å²) >= 11 is 1.86. The van der Waals surface area contributed by atoms with Gasteiger partial charge in [-0.2, -0.15) is 17.8 Å². The fourth-order valence-electron chi connectivity index (χ4n) is 2.69. The number of hydrogen-bond donors (Lipinski definition) is 3. The predicted molar refractivity (Wildman–Crippen MR) is 108 cm³/mol. The minimum Gasteiger partial charge on any atom is -0.476 e. The van der Waals surface area contributed by atoms with Crippen molar-refractivity contribution < 1.29 is 36.9 Å². The number of fused-ring (bicyclic) bond motifs is 1. The highest BCUT2D eigenvalue weighted by molar-refractivity contribution is 8.00. The van der Waals surface area contributed by atoms with Crippen LogP contribution < -0.4 is 11.1 Å². The zero-order valence-electron chi connectivity index (χ0n) is 16.0. The van der Waals surface area contributed by atoms with E-state index in [0.29, 0.717) is 0 Å². The molecule has 31 heavy (non-hydrogen) atoms. The summed E-state index contributed by atoms with van der Waals surface area (Å²) in [5.74, 6) is -3.75. The first kappa shape index (κ1) is 22.8. The summed E-state index contributed by atoms with van der Waals surface area (Å²) in [5.41, 5.74) is 4.63. The van der Waals surface area contributed by atoms with Gasteiger partial charge in [-0.1, -0.05) is 5.16 Å². The largest absolute Gasteiger partial charge is 0.476 e. The summed E-state index contributed by atoms with van der Waals surface area (Å²) in [4.78, 5) is 46.6. The average molecular weight is 493 g/mol. The van der Waals surface area contributed by atoms with Crippen molar-refractivity contribution in [1.82, 2.24) is 19.6 Å². The second kappa shape index (κ2) is 8.67. The molecule has 0 aromatic carbocycles. The predicted octanol–water partition coefficient (Wildman–Crippen LogP) is -1.47. The monoisotopic (exact) mass is 492 g/mol. The summed E-state index contributed by atoms with van der Waals surface area (Å²) in [5, 5.41) is 14.9. The lowest BCUT2D eigenvalue weighted by molar-refractivity contribution is -0.150. The Morgan fingerprint density at radius 3 is 2.71 bits per heavy atom. The van der Waals surface area contributed by atoms with Gasteiger partial charge in [0.25, 0.3) is 11.8 Å². The Morgan fingerprint density at radius 2 is 2.16 bits per heavy atom. The molecule has 14 nitrogen and oxygen atoms in total. The number of nitrogens with zero attached hydrogens (tertiary/aromatic N) is 4. The fourth-order valence-corrected chi connectivity index (χ4v) is 4.96. The minimum absolute atomic E-state index is 0.0929. The summed E-state index contributed by atoms with van der Waals surface area (Å²) in [7, 11) is -4.00. The molecule has 1 fully saturated rings. The highest BCUT2D eigenvalue weighted by Crippen LogP contribution is 2.40. The van der Waals surface area contributed by atoms with Crippen LogP contribution in [0, 0.1) is 0 Å². The number of hydrogen-bond acceptors (Lipinski definition) is 13. The molecule has 1 saturated heterocycles. The van der Waals surface area contributed by atoms with Crippen LogP contribution in [0.5, 0.6) is 0 Å². The summed E-state index contributed by atoms with van der Waals surface area (Å²) in [6, 6.07) is -1.10. The third-order valence-corrected chi connectivity index (χ3v) is 6.13. The number of carbonyl (C=O) groups is 3. The van der Waals surface area contributed by atoms with Crippen molar-refractivity contribution in [2.75, 3.05) is 24.3 Å². The van der Waals surface area contributed by atoms with Crippen molar-refractivity contribution in [3.8, 4) is 0 Å². The number of carboxylic acids is 1. The molecule has 0 saturated carbocycles. The molecule has 0 radical (unpaired) electrons. The van der Waals surface area contributed by atoms with Gasteiger partial charge in [0, 0.05) is 11.5 Å². The van der Waals surface area contributed by atoms with Crippen LogP contribution in [-0.2, 0) is 33.5 Å². The van der Waals surface area contributed by atoms with E-state index in [1.165, 1.54) is 0 Å². The zero-order valence-corrected chi connectivity index (χ0v) is 18.4. The van der Waals surface area contributed by atoms with E-state index >= 15 is 0 Å². The van der Waals surface area contributed by atoms with Crippen molar-refractivity contribution in [2.24, 2.45) is 5.16 Å². The second-order valence-corrected chi connectivity index (χ2v) is 9.50. The lowest BCUT2D eigenvalue weighted by Gasteiger charge is -2.48. The molecule has 2 aliphatic rings. The molecule has 1 unspecified atom stereocenters. The smallest absolute Gasteiger partial charge is 0.356 e. The number of aliphatic carboxylic acids is 1. The molecule has 0 bridgehead atoms. The Labute approximate surface area is 183 Å². The number of amides is 2. The number of carbonyl (C=O) groups excluding carboxylic acids is 2. The third kappa shape index (κ3) is 4.72. The minimum atomic E-state index is -4.00. The van der Waals surface area contributed by atoms with Gasteiger partial charge >= 0.3 is 16.1 Å². The van der Waals surface area contributed by atoms with Crippen LogP contribution in [0.3, 0.4) is 0 Å². The fraction of sp³-hybridized carbons (Fsp3) is 0.429. The van der Waals surface area contributed by atoms with E-state index in [1.807, 2.05) is 0 Å². The number of nitrogens with two attached hydrogens (primary N) is 1. The molecule has 3 rings (SSSR count). The highest BCUT2D eigenvalue weighted by atomic mass is 32.2. The van der Waals surface area contributed by atoms with E-state index in [4.69, 9.17) is 14.8 Å². The Morgan fingerprint density at radius 1 is 1.45 bits per heavy atom. The Kier molecular flexibility index (Phi) is 6.37. The Bertz CT molecular complexity index is 1100. The molecular formula is C14H16N6O8S3. The number of β-lactam (4-membered cyclic amide) rings is 1. The van der Waals surface area contributed by atoms with Crippen molar-refractivity contribution in [3.63, 3.8) is 0 Å². The van der Waals surface area contributed by atoms with Crippen LogP contribution >= 0.6 is 23.3 Å². The quantitative estimate of drug-likeness (QED) is 0.165. The summed E-state index contributed by atoms with van der Waals surface area (Å²) < 4.78 is 31.4. The first-order valence-electron chi connectivity index (χ1n) is 8.44.